The van der Waals surface area contributed by atoms with E-state index in [4.69, 9.17) is 0 Å². The molecule has 0 bridgehead atoms. The summed E-state index contributed by atoms with van der Waals surface area (Å²) in [6.07, 6.45) is 0.167. The molecule has 0 aliphatic heterocycles. The number of aryl methyl sites for hydroxylation is 1. The van der Waals surface area contributed by atoms with Gasteiger partial charge < -0.3 is 10.6 Å². The maximum Gasteiger partial charge on any atom is 0.226 e. The largest absolute Gasteiger partial charge is 0.321 e. The Labute approximate surface area is 106 Å². The highest BCUT2D eigenvalue weighted by atomic mass is 19.1. The molecule has 1 aromatic carbocycles. The standard InChI is InChI=1S/C13H18F2N2O/c1-4-16-9(3)7-11(18)17-13-10(14)6-5-8(2)12(13)15/h5-6,9,16H,4,7H2,1-3H3,(H,17,18). The Morgan fingerprint density at radius 1 is 1.39 bits per heavy atom. The lowest BCUT2D eigenvalue weighted by Crippen LogP contribution is -2.30. The molecular weight excluding hydrogens is 238 g/mol. The van der Waals surface area contributed by atoms with E-state index in [2.05, 4.69) is 10.6 Å². The fourth-order valence-electron chi connectivity index (χ4n) is 1.66. The topological polar surface area (TPSA) is 41.1 Å². The Hall–Kier alpha value is -1.49. The van der Waals surface area contributed by atoms with E-state index in [1.807, 2.05) is 13.8 Å². The van der Waals surface area contributed by atoms with Gasteiger partial charge in [0.05, 0.1) is 0 Å². The first kappa shape index (κ1) is 14.6. The van der Waals surface area contributed by atoms with Crippen molar-refractivity contribution in [2.75, 3.05) is 11.9 Å². The molecule has 5 heteroatoms. The molecule has 1 amide bonds. The van der Waals surface area contributed by atoms with E-state index >= 15 is 0 Å². The van der Waals surface area contributed by atoms with Crippen molar-refractivity contribution in [1.29, 1.82) is 0 Å². The fourth-order valence-corrected chi connectivity index (χ4v) is 1.66. The average Bonchev–Trinajstić information content (AvgIpc) is 2.30. The fraction of sp³-hybridized carbons (Fsp3) is 0.462. The van der Waals surface area contributed by atoms with E-state index in [-0.39, 0.29) is 18.2 Å². The summed E-state index contributed by atoms with van der Waals surface area (Å²) in [6, 6.07) is 2.44. The summed E-state index contributed by atoms with van der Waals surface area (Å²) in [7, 11) is 0. The lowest BCUT2D eigenvalue weighted by Gasteiger charge is -2.13. The van der Waals surface area contributed by atoms with Gasteiger partial charge in [-0.15, -0.1) is 0 Å². The molecule has 18 heavy (non-hydrogen) atoms. The zero-order valence-electron chi connectivity index (χ0n) is 10.8. The number of benzene rings is 1. The Kier molecular flexibility index (Phi) is 5.22. The van der Waals surface area contributed by atoms with Crippen LogP contribution in [0, 0.1) is 18.6 Å². The van der Waals surface area contributed by atoms with Crippen molar-refractivity contribution in [3.05, 3.63) is 29.3 Å². The van der Waals surface area contributed by atoms with Crippen LogP contribution in [-0.2, 0) is 4.79 Å². The maximum atomic E-state index is 13.6. The van der Waals surface area contributed by atoms with Crippen LogP contribution in [0.2, 0.25) is 0 Å². The zero-order chi connectivity index (χ0) is 13.7. The van der Waals surface area contributed by atoms with Gasteiger partial charge in [0.2, 0.25) is 5.91 Å². The number of nitrogens with one attached hydrogen (secondary N) is 2. The minimum absolute atomic E-state index is 0.0362. The van der Waals surface area contributed by atoms with Crippen molar-refractivity contribution < 1.29 is 13.6 Å². The van der Waals surface area contributed by atoms with Crippen molar-refractivity contribution in [2.24, 2.45) is 0 Å². The maximum absolute atomic E-state index is 13.6. The first-order valence-electron chi connectivity index (χ1n) is 5.93. The predicted octanol–water partition coefficient (Wildman–Crippen LogP) is 2.60. The molecule has 100 valence electrons. The Balaban J connectivity index is 2.73. The third-order valence-electron chi connectivity index (χ3n) is 2.59. The van der Waals surface area contributed by atoms with Gasteiger partial charge in [0.15, 0.2) is 5.82 Å². The lowest BCUT2D eigenvalue weighted by molar-refractivity contribution is -0.116. The van der Waals surface area contributed by atoms with Gasteiger partial charge >= 0.3 is 0 Å². The van der Waals surface area contributed by atoms with Gasteiger partial charge in [-0.1, -0.05) is 13.0 Å². The molecule has 1 atom stereocenters. The molecular formula is C13H18F2N2O. The number of carbonyl (C=O) groups excluding carboxylic acids is 1. The van der Waals surface area contributed by atoms with E-state index in [1.54, 1.807) is 0 Å². The summed E-state index contributed by atoms with van der Waals surface area (Å²) in [5.74, 6) is -1.89. The third kappa shape index (κ3) is 3.77. The molecule has 0 heterocycles. The predicted molar refractivity (Wildman–Crippen MR) is 67.5 cm³/mol. The second-order valence-electron chi connectivity index (χ2n) is 4.26. The van der Waals surface area contributed by atoms with Crippen LogP contribution in [0.5, 0.6) is 0 Å². The van der Waals surface area contributed by atoms with Crippen molar-refractivity contribution >= 4 is 11.6 Å². The van der Waals surface area contributed by atoms with E-state index in [1.165, 1.54) is 13.0 Å². The summed E-state index contributed by atoms with van der Waals surface area (Å²) >= 11 is 0. The second kappa shape index (κ2) is 6.44. The minimum Gasteiger partial charge on any atom is -0.321 e. The van der Waals surface area contributed by atoms with Gasteiger partial charge in [0.1, 0.15) is 11.5 Å². The second-order valence-corrected chi connectivity index (χ2v) is 4.26. The summed E-state index contributed by atoms with van der Waals surface area (Å²) in [4.78, 5) is 11.6. The normalized spacial score (nSPS) is 12.3. The van der Waals surface area contributed by atoms with E-state index in [0.29, 0.717) is 5.56 Å². The van der Waals surface area contributed by atoms with E-state index in [9.17, 15) is 13.6 Å². The third-order valence-corrected chi connectivity index (χ3v) is 2.59. The molecule has 0 saturated heterocycles. The van der Waals surface area contributed by atoms with Crippen LogP contribution in [0.25, 0.3) is 0 Å². The minimum atomic E-state index is -0.762. The van der Waals surface area contributed by atoms with Gasteiger partial charge in [0, 0.05) is 12.5 Å². The molecule has 0 aliphatic carbocycles. The first-order chi connectivity index (χ1) is 8.45. The number of carbonyl (C=O) groups is 1. The molecule has 0 fully saturated rings. The smallest absolute Gasteiger partial charge is 0.226 e. The molecule has 1 unspecified atom stereocenters. The first-order valence-corrected chi connectivity index (χ1v) is 5.93. The zero-order valence-corrected chi connectivity index (χ0v) is 10.8. The monoisotopic (exact) mass is 256 g/mol. The lowest BCUT2D eigenvalue weighted by atomic mass is 10.1. The van der Waals surface area contributed by atoms with Crippen LogP contribution in [0.1, 0.15) is 25.8 Å². The van der Waals surface area contributed by atoms with Gasteiger partial charge in [0.25, 0.3) is 0 Å². The SMILES string of the molecule is CCNC(C)CC(=O)Nc1c(F)ccc(C)c1F. The molecule has 0 saturated carbocycles. The molecule has 1 aromatic rings. The highest BCUT2D eigenvalue weighted by molar-refractivity contribution is 5.91. The molecule has 1 rings (SSSR count). The van der Waals surface area contributed by atoms with Gasteiger partial charge in [-0.3, -0.25) is 4.79 Å². The number of rotatable bonds is 5. The number of hydrogen-bond donors (Lipinski definition) is 2. The summed E-state index contributed by atoms with van der Waals surface area (Å²) in [6.45, 7) is 6.02. The van der Waals surface area contributed by atoms with E-state index < -0.39 is 17.5 Å². The van der Waals surface area contributed by atoms with Crippen LogP contribution in [0.4, 0.5) is 14.5 Å². The molecule has 2 N–H and O–H groups in total. The molecule has 3 nitrogen and oxygen atoms in total. The van der Waals surface area contributed by atoms with Crippen LogP contribution in [-0.4, -0.2) is 18.5 Å². The molecule has 0 spiro atoms. The average molecular weight is 256 g/mol. The van der Waals surface area contributed by atoms with Gasteiger partial charge in [-0.2, -0.15) is 0 Å². The van der Waals surface area contributed by atoms with Crippen LogP contribution in [0.15, 0.2) is 12.1 Å². The van der Waals surface area contributed by atoms with Crippen molar-refractivity contribution in [3.63, 3.8) is 0 Å². The number of halogens is 2. The highest BCUT2D eigenvalue weighted by Gasteiger charge is 2.15. The quantitative estimate of drug-likeness (QED) is 0.850. The summed E-state index contributed by atoms with van der Waals surface area (Å²) in [5.41, 5.74) is -0.0740. The Bertz CT molecular complexity index is 435. The Morgan fingerprint density at radius 3 is 2.67 bits per heavy atom. The van der Waals surface area contributed by atoms with Crippen molar-refractivity contribution in [2.45, 2.75) is 33.2 Å². The highest BCUT2D eigenvalue weighted by Crippen LogP contribution is 2.21. The van der Waals surface area contributed by atoms with Crippen LogP contribution < -0.4 is 10.6 Å². The number of amides is 1. The summed E-state index contributed by atoms with van der Waals surface area (Å²) in [5, 5.41) is 5.33. The van der Waals surface area contributed by atoms with Gasteiger partial charge in [-0.05, 0) is 32.0 Å². The molecule has 0 radical (unpaired) electrons. The summed E-state index contributed by atoms with van der Waals surface area (Å²) < 4.78 is 27.0. The Morgan fingerprint density at radius 2 is 2.06 bits per heavy atom. The van der Waals surface area contributed by atoms with Crippen LogP contribution >= 0.6 is 0 Å². The van der Waals surface area contributed by atoms with Gasteiger partial charge in [-0.25, -0.2) is 8.78 Å². The molecule has 0 aromatic heterocycles. The van der Waals surface area contributed by atoms with E-state index in [0.717, 1.165) is 12.6 Å². The number of anilines is 1. The number of hydrogen-bond acceptors (Lipinski definition) is 2. The van der Waals surface area contributed by atoms with Crippen LogP contribution in [0.3, 0.4) is 0 Å². The van der Waals surface area contributed by atoms with Crippen molar-refractivity contribution in [3.8, 4) is 0 Å². The van der Waals surface area contributed by atoms with Crippen molar-refractivity contribution in [1.82, 2.24) is 5.32 Å². The molecule has 0 aliphatic rings.